The van der Waals surface area contributed by atoms with E-state index in [1.165, 1.54) is 12.1 Å². The van der Waals surface area contributed by atoms with Crippen molar-refractivity contribution in [3.8, 4) is 5.75 Å². The van der Waals surface area contributed by atoms with Crippen LogP contribution in [0.3, 0.4) is 0 Å². The van der Waals surface area contributed by atoms with Crippen molar-refractivity contribution in [1.82, 2.24) is 3.11 Å². The average molecular weight is 438 g/mol. The molecule has 0 aromatic heterocycles. The number of carboxylic acids is 1. The van der Waals surface area contributed by atoms with Crippen LogP contribution in [0.15, 0.2) is 24.3 Å². The summed E-state index contributed by atoms with van der Waals surface area (Å²) in [4.78, 5) is 23.7. The van der Waals surface area contributed by atoms with Crippen molar-refractivity contribution < 1.29 is 19.8 Å². The molecule has 0 aliphatic heterocycles. The van der Waals surface area contributed by atoms with Crippen molar-refractivity contribution in [2.24, 2.45) is 5.73 Å². The number of aliphatic carboxylic acids is 1. The standard InChI is InChI=1S/C14H19IN2O4S/c1-22-7-6-11(16)13(19)17(15)12(14(20)21)8-9-2-4-10(18)5-3-9/h2-5,11-12,18H,6-8,16H2,1H3,(H,20,21)/t11-,12-/m0/s1. The first-order valence-corrected chi connectivity index (χ1v) is 8.96. The highest BCUT2D eigenvalue weighted by Gasteiger charge is 2.31. The van der Waals surface area contributed by atoms with Crippen molar-refractivity contribution in [3.63, 3.8) is 0 Å². The zero-order valence-electron chi connectivity index (χ0n) is 12.1. The van der Waals surface area contributed by atoms with Gasteiger partial charge in [0.15, 0.2) is 0 Å². The highest BCUT2D eigenvalue weighted by Crippen LogP contribution is 2.18. The van der Waals surface area contributed by atoms with Crippen LogP contribution in [0.4, 0.5) is 0 Å². The van der Waals surface area contributed by atoms with Gasteiger partial charge in [-0.05, 0) is 36.1 Å². The Morgan fingerprint density at radius 2 is 1.95 bits per heavy atom. The second-order valence-corrected chi connectivity index (χ2v) is 6.79. The molecule has 0 saturated heterocycles. The molecule has 0 aliphatic rings. The number of hydrogen-bond donors (Lipinski definition) is 3. The summed E-state index contributed by atoms with van der Waals surface area (Å²) in [6, 6.07) is 4.53. The number of hydrogen-bond acceptors (Lipinski definition) is 5. The van der Waals surface area contributed by atoms with Crippen LogP contribution in [0.5, 0.6) is 5.75 Å². The summed E-state index contributed by atoms with van der Waals surface area (Å²) in [5.41, 5.74) is 6.54. The fourth-order valence-electron chi connectivity index (χ4n) is 1.80. The minimum absolute atomic E-state index is 0.108. The van der Waals surface area contributed by atoms with Crippen LogP contribution >= 0.6 is 34.6 Å². The quantitative estimate of drug-likeness (QED) is 0.421. The molecule has 0 bridgehead atoms. The molecule has 0 aliphatic carbocycles. The fraction of sp³-hybridized carbons (Fsp3) is 0.429. The van der Waals surface area contributed by atoms with Crippen LogP contribution in [0.25, 0.3) is 0 Å². The van der Waals surface area contributed by atoms with Crippen molar-refractivity contribution in [3.05, 3.63) is 29.8 Å². The van der Waals surface area contributed by atoms with E-state index in [0.717, 1.165) is 14.4 Å². The van der Waals surface area contributed by atoms with Crippen LogP contribution < -0.4 is 5.73 Å². The van der Waals surface area contributed by atoms with Crippen LogP contribution in [0, 0.1) is 0 Å². The van der Waals surface area contributed by atoms with E-state index >= 15 is 0 Å². The number of phenolic OH excluding ortho intramolecular Hbond substituents is 1. The third-order valence-electron chi connectivity index (χ3n) is 3.08. The topological polar surface area (TPSA) is 104 Å². The summed E-state index contributed by atoms with van der Waals surface area (Å²) in [6.07, 6.45) is 2.58. The number of thioether (sulfide) groups is 1. The van der Waals surface area contributed by atoms with Crippen molar-refractivity contribution >= 4 is 46.5 Å². The Morgan fingerprint density at radius 1 is 1.36 bits per heavy atom. The lowest BCUT2D eigenvalue weighted by Gasteiger charge is -2.25. The molecule has 1 amide bonds. The van der Waals surface area contributed by atoms with Gasteiger partial charge in [-0.1, -0.05) is 12.1 Å². The molecule has 0 fully saturated rings. The van der Waals surface area contributed by atoms with Gasteiger partial charge in [0.1, 0.15) is 11.8 Å². The number of carbonyl (C=O) groups excluding carboxylic acids is 1. The van der Waals surface area contributed by atoms with Crippen LogP contribution in [-0.2, 0) is 16.0 Å². The lowest BCUT2D eigenvalue weighted by atomic mass is 10.1. The van der Waals surface area contributed by atoms with E-state index < -0.39 is 18.1 Å². The van der Waals surface area contributed by atoms with E-state index in [2.05, 4.69) is 0 Å². The highest BCUT2D eigenvalue weighted by molar-refractivity contribution is 14.1. The van der Waals surface area contributed by atoms with Crippen LogP contribution in [0.1, 0.15) is 12.0 Å². The summed E-state index contributed by atoms with van der Waals surface area (Å²) in [5, 5.41) is 18.6. The molecule has 0 unspecified atom stereocenters. The van der Waals surface area contributed by atoms with Crippen molar-refractivity contribution in [2.45, 2.75) is 24.9 Å². The first-order valence-electron chi connectivity index (χ1n) is 6.61. The molecule has 1 aromatic carbocycles. The first kappa shape index (κ1) is 19.0. The number of aromatic hydroxyl groups is 1. The minimum Gasteiger partial charge on any atom is -0.508 e. The molecule has 8 heteroatoms. The van der Waals surface area contributed by atoms with Crippen molar-refractivity contribution in [2.75, 3.05) is 12.0 Å². The number of halogens is 1. The first-order chi connectivity index (χ1) is 10.4. The van der Waals surface area contributed by atoms with E-state index in [1.54, 1.807) is 46.8 Å². The maximum atomic E-state index is 12.2. The molecule has 122 valence electrons. The average Bonchev–Trinajstić information content (AvgIpc) is 2.50. The zero-order chi connectivity index (χ0) is 16.7. The molecule has 1 rings (SSSR count). The van der Waals surface area contributed by atoms with Gasteiger partial charge in [0.05, 0.1) is 28.9 Å². The molecular formula is C14H19IN2O4S. The zero-order valence-corrected chi connectivity index (χ0v) is 15.1. The third kappa shape index (κ3) is 5.65. The van der Waals surface area contributed by atoms with Crippen LogP contribution in [-0.4, -0.2) is 49.3 Å². The van der Waals surface area contributed by atoms with Crippen molar-refractivity contribution in [1.29, 1.82) is 0 Å². The minimum atomic E-state index is -1.09. The lowest BCUT2D eigenvalue weighted by Crippen LogP contribution is -2.47. The monoisotopic (exact) mass is 438 g/mol. The van der Waals surface area contributed by atoms with Gasteiger partial charge in [-0.3, -0.25) is 7.91 Å². The maximum absolute atomic E-state index is 12.2. The van der Waals surface area contributed by atoms with E-state index in [-0.39, 0.29) is 18.1 Å². The van der Waals surface area contributed by atoms with Gasteiger partial charge < -0.3 is 15.9 Å². The molecule has 6 nitrogen and oxygen atoms in total. The summed E-state index contributed by atoms with van der Waals surface area (Å²) in [7, 11) is 0. The number of carboxylic acid groups (broad SMARTS) is 1. The molecule has 4 N–H and O–H groups in total. The number of carbonyl (C=O) groups is 2. The SMILES string of the molecule is CSCC[C@H](N)C(=O)N(I)[C@@H](Cc1ccc(O)cc1)C(=O)O. The Kier molecular flexibility index (Phi) is 7.97. The Labute approximate surface area is 147 Å². The number of nitrogens with zero attached hydrogens (tertiary/aromatic N) is 1. The summed E-state index contributed by atoms with van der Waals surface area (Å²) in [6.45, 7) is 0. The summed E-state index contributed by atoms with van der Waals surface area (Å²) >= 11 is 3.30. The smallest absolute Gasteiger partial charge is 0.327 e. The lowest BCUT2D eigenvalue weighted by molar-refractivity contribution is -0.145. The molecule has 0 spiro atoms. The van der Waals surface area contributed by atoms with Gasteiger partial charge >= 0.3 is 5.97 Å². The predicted octanol–water partition coefficient (Wildman–Crippen LogP) is 1.65. The van der Waals surface area contributed by atoms with E-state index in [9.17, 15) is 19.8 Å². The number of nitrogens with two attached hydrogens (primary N) is 1. The Balaban J connectivity index is 2.79. The van der Waals surface area contributed by atoms with Gasteiger partial charge in [-0.2, -0.15) is 11.8 Å². The molecule has 2 atom stereocenters. The molecule has 0 heterocycles. The van der Waals surface area contributed by atoms with Crippen LogP contribution in [0.2, 0.25) is 0 Å². The predicted molar refractivity (Wildman–Crippen MR) is 95.1 cm³/mol. The van der Waals surface area contributed by atoms with E-state index in [1.807, 2.05) is 6.26 Å². The van der Waals surface area contributed by atoms with E-state index in [4.69, 9.17) is 5.73 Å². The number of rotatable bonds is 8. The maximum Gasteiger partial charge on any atom is 0.327 e. The Bertz CT molecular complexity index is 512. The highest BCUT2D eigenvalue weighted by atomic mass is 127. The Morgan fingerprint density at radius 3 is 2.45 bits per heavy atom. The van der Waals surface area contributed by atoms with Gasteiger partial charge in [-0.15, -0.1) is 0 Å². The number of phenols is 1. The number of amides is 1. The van der Waals surface area contributed by atoms with E-state index in [0.29, 0.717) is 6.42 Å². The molecular weight excluding hydrogens is 419 g/mol. The molecule has 22 heavy (non-hydrogen) atoms. The largest absolute Gasteiger partial charge is 0.508 e. The summed E-state index contributed by atoms with van der Waals surface area (Å²) < 4.78 is 1.16. The normalized spacial score (nSPS) is 13.4. The number of benzene rings is 1. The molecule has 0 saturated carbocycles. The fourth-order valence-corrected chi connectivity index (χ4v) is 3.08. The second kappa shape index (κ2) is 9.21. The second-order valence-electron chi connectivity index (χ2n) is 4.76. The van der Waals surface area contributed by atoms with Gasteiger partial charge in [0.2, 0.25) is 5.91 Å². The van der Waals surface area contributed by atoms with Gasteiger partial charge in [-0.25, -0.2) is 4.79 Å². The third-order valence-corrected chi connectivity index (χ3v) is 4.88. The molecule has 0 radical (unpaired) electrons. The Hall–Kier alpha value is -1.00. The molecule has 1 aromatic rings. The van der Waals surface area contributed by atoms with Gasteiger partial charge in [0, 0.05) is 6.42 Å². The summed E-state index contributed by atoms with van der Waals surface area (Å²) in [5.74, 6) is -0.626. The van der Waals surface area contributed by atoms with Gasteiger partial charge in [0.25, 0.3) is 0 Å².